The summed E-state index contributed by atoms with van der Waals surface area (Å²) in [6.07, 6.45) is 9.88. The van der Waals surface area contributed by atoms with E-state index in [1.54, 1.807) is 33.0 Å². The molecule has 0 radical (unpaired) electrons. The van der Waals surface area contributed by atoms with Gasteiger partial charge in [0.25, 0.3) is 0 Å². The molecule has 0 bridgehead atoms. The normalized spacial score (nSPS) is 11.4. The fourth-order valence-electron chi connectivity index (χ4n) is 4.45. The Labute approximate surface area is 149 Å². The Morgan fingerprint density at radius 3 is 1.58 bits per heavy atom. The summed E-state index contributed by atoms with van der Waals surface area (Å²) in [6.45, 7) is 13.9. The minimum absolute atomic E-state index is 1.22. The zero-order valence-electron chi connectivity index (χ0n) is 16.8. The van der Waals surface area contributed by atoms with Crippen LogP contribution in [0.15, 0.2) is 12.1 Å². The summed E-state index contributed by atoms with van der Waals surface area (Å²) in [5.74, 6) is 0. The Bertz CT molecular complexity index is 691. The van der Waals surface area contributed by atoms with E-state index in [-0.39, 0.29) is 0 Å². The molecule has 0 aliphatic carbocycles. The van der Waals surface area contributed by atoms with E-state index in [1.165, 1.54) is 62.5 Å². The van der Waals surface area contributed by atoms with Gasteiger partial charge in [0.15, 0.2) is 0 Å². The average Bonchev–Trinajstić information content (AvgIpc) is 2.53. The molecular formula is C24H36. The molecule has 0 nitrogen and oxygen atoms in total. The second kappa shape index (κ2) is 8.70. The van der Waals surface area contributed by atoms with Crippen molar-refractivity contribution in [2.24, 2.45) is 0 Å². The summed E-state index contributed by atoms with van der Waals surface area (Å²) in [7, 11) is 0. The van der Waals surface area contributed by atoms with Gasteiger partial charge in [-0.05, 0) is 78.1 Å². The Morgan fingerprint density at radius 1 is 0.583 bits per heavy atom. The summed E-state index contributed by atoms with van der Waals surface area (Å²) in [5, 5.41) is 3.13. The number of hydrogen-bond donors (Lipinski definition) is 0. The molecule has 2 rings (SSSR count). The Hall–Kier alpha value is -1.30. The predicted molar refractivity (Wildman–Crippen MR) is 109 cm³/mol. The van der Waals surface area contributed by atoms with Crippen molar-refractivity contribution in [1.29, 1.82) is 0 Å². The van der Waals surface area contributed by atoms with Crippen LogP contribution in [0, 0.1) is 13.8 Å². The van der Waals surface area contributed by atoms with Crippen LogP contribution >= 0.6 is 0 Å². The van der Waals surface area contributed by atoms with Gasteiger partial charge in [-0.15, -0.1) is 0 Å². The molecule has 0 atom stereocenters. The Kier molecular flexibility index (Phi) is 6.90. The van der Waals surface area contributed by atoms with Crippen molar-refractivity contribution < 1.29 is 0 Å². The first kappa shape index (κ1) is 19.0. The molecule has 0 saturated heterocycles. The zero-order chi connectivity index (χ0) is 17.7. The van der Waals surface area contributed by atoms with Crippen LogP contribution in [-0.4, -0.2) is 0 Å². The summed E-state index contributed by atoms with van der Waals surface area (Å²) in [5.41, 5.74) is 9.60. The first-order valence-electron chi connectivity index (χ1n) is 10.1. The number of fused-ring (bicyclic) bond motifs is 1. The van der Waals surface area contributed by atoms with Gasteiger partial charge in [-0.3, -0.25) is 0 Å². The Balaban J connectivity index is 2.96. The molecule has 0 spiro atoms. The van der Waals surface area contributed by atoms with Crippen LogP contribution in [0.2, 0.25) is 0 Å². The third-order valence-electron chi connectivity index (χ3n) is 5.20. The Morgan fingerprint density at radius 2 is 1.04 bits per heavy atom. The molecule has 0 aliphatic heterocycles. The van der Waals surface area contributed by atoms with Gasteiger partial charge in [0, 0.05) is 0 Å². The lowest BCUT2D eigenvalue weighted by Gasteiger charge is -2.24. The van der Waals surface area contributed by atoms with Gasteiger partial charge in [-0.2, -0.15) is 0 Å². The molecular weight excluding hydrogens is 288 g/mol. The SMILES string of the molecule is CCCc1c(CCC)c(CCC)c2c(C)cc(C)cc2c1CCC. The van der Waals surface area contributed by atoms with E-state index in [9.17, 15) is 0 Å². The summed E-state index contributed by atoms with van der Waals surface area (Å²) in [6, 6.07) is 4.84. The number of hydrogen-bond acceptors (Lipinski definition) is 0. The summed E-state index contributed by atoms with van der Waals surface area (Å²) in [4.78, 5) is 0. The molecule has 0 heteroatoms. The summed E-state index contributed by atoms with van der Waals surface area (Å²) < 4.78 is 0. The molecule has 2 aromatic carbocycles. The van der Waals surface area contributed by atoms with Crippen LogP contribution in [0.5, 0.6) is 0 Å². The first-order chi connectivity index (χ1) is 11.6. The number of rotatable bonds is 8. The van der Waals surface area contributed by atoms with Gasteiger partial charge in [-0.1, -0.05) is 71.1 Å². The zero-order valence-corrected chi connectivity index (χ0v) is 16.8. The van der Waals surface area contributed by atoms with Crippen molar-refractivity contribution in [1.82, 2.24) is 0 Å². The van der Waals surface area contributed by atoms with Gasteiger partial charge in [0.1, 0.15) is 0 Å². The monoisotopic (exact) mass is 324 g/mol. The fraction of sp³-hybridized carbons (Fsp3) is 0.583. The van der Waals surface area contributed by atoms with E-state index in [4.69, 9.17) is 0 Å². The van der Waals surface area contributed by atoms with Crippen LogP contribution < -0.4 is 0 Å². The second-order valence-electron chi connectivity index (χ2n) is 7.42. The molecule has 0 amide bonds. The van der Waals surface area contributed by atoms with Crippen LogP contribution in [0.4, 0.5) is 0 Å². The molecule has 2 aromatic rings. The van der Waals surface area contributed by atoms with Crippen molar-refractivity contribution in [3.63, 3.8) is 0 Å². The van der Waals surface area contributed by atoms with Crippen molar-refractivity contribution >= 4 is 10.8 Å². The largest absolute Gasteiger partial charge is 0.0651 e. The third-order valence-corrected chi connectivity index (χ3v) is 5.20. The maximum atomic E-state index is 2.46. The molecule has 0 N–H and O–H groups in total. The van der Waals surface area contributed by atoms with Gasteiger partial charge in [0.05, 0.1) is 0 Å². The fourth-order valence-corrected chi connectivity index (χ4v) is 4.45. The van der Waals surface area contributed by atoms with E-state index >= 15 is 0 Å². The van der Waals surface area contributed by atoms with E-state index in [0.717, 1.165) is 0 Å². The highest BCUT2D eigenvalue weighted by atomic mass is 14.2. The summed E-state index contributed by atoms with van der Waals surface area (Å²) >= 11 is 0. The minimum Gasteiger partial charge on any atom is -0.0651 e. The van der Waals surface area contributed by atoms with Gasteiger partial charge in [-0.25, -0.2) is 0 Å². The smallest absolute Gasteiger partial charge is 0.0117 e. The topological polar surface area (TPSA) is 0 Å². The number of aryl methyl sites for hydroxylation is 4. The molecule has 0 unspecified atom stereocenters. The van der Waals surface area contributed by atoms with Gasteiger partial charge >= 0.3 is 0 Å². The highest BCUT2D eigenvalue weighted by molar-refractivity contribution is 5.94. The van der Waals surface area contributed by atoms with E-state index < -0.39 is 0 Å². The molecule has 0 aliphatic rings. The molecule has 0 heterocycles. The number of benzene rings is 2. The van der Waals surface area contributed by atoms with Crippen LogP contribution in [0.1, 0.15) is 86.8 Å². The van der Waals surface area contributed by atoms with Crippen molar-refractivity contribution in [3.05, 3.63) is 45.5 Å². The maximum absolute atomic E-state index is 2.46. The van der Waals surface area contributed by atoms with Gasteiger partial charge < -0.3 is 0 Å². The van der Waals surface area contributed by atoms with Crippen molar-refractivity contribution in [2.75, 3.05) is 0 Å². The predicted octanol–water partition coefficient (Wildman–Crippen LogP) is 7.27. The maximum Gasteiger partial charge on any atom is -0.0117 e. The molecule has 0 saturated carbocycles. The third kappa shape index (κ3) is 3.68. The lowest BCUT2D eigenvalue weighted by molar-refractivity contribution is 0.810. The van der Waals surface area contributed by atoms with Crippen molar-refractivity contribution in [3.8, 4) is 0 Å². The quantitative estimate of drug-likeness (QED) is 0.479. The highest BCUT2D eigenvalue weighted by Crippen LogP contribution is 2.36. The van der Waals surface area contributed by atoms with E-state index in [0.29, 0.717) is 0 Å². The molecule has 24 heavy (non-hydrogen) atoms. The van der Waals surface area contributed by atoms with E-state index in [2.05, 4.69) is 53.7 Å². The van der Waals surface area contributed by atoms with E-state index in [1.807, 2.05) is 0 Å². The lowest BCUT2D eigenvalue weighted by Crippen LogP contribution is -2.08. The molecule has 132 valence electrons. The standard InChI is InChI=1S/C24H36/c1-7-11-19-20(12-8-2)22(14-10-4)24-18(6)15-17(5)16-23(24)21(19)13-9-3/h15-16H,7-14H2,1-6H3. The first-order valence-corrected chi connectivity index (χ1v) is 10.1. The molecule has 0 aromatic heterocycles. The molecule has 0 fully saturated rings. The van der Waals surface area contributed by atoms with Crippen molar-refractivity contribution in [2.45, 2.75) is 92.9 Å². The highest BCUT2D eigenvalue weighted by Gasteiger charge is 2.19. The minimum atomic E-state index is 1.22. The van der Waals surface area contributed by atoms with Crippen LogP contribution in [0.3, 0.4) is 0 Å². The van der Waals surface area contributed by atoms with Gasteiger partial charge in [0.2, 0.25) is 0 Å². The second-order valence-corrected chi connectivity index (χ2v) is 7.42. The average molecular weight is 325 g/mol. The van der Waals surface area contributed by atoms with Crippen LogP contribution in [-0.2, 0) is 25.7 Å². The lowest BCUT2D eigenvalue weighted by atomic mass is 9.81. The van der Waals surface area contributed by atoms with Crippen LogP contribution in [0.25, 0.3) is 10.8 Å².